The van der Waals surface area contributed by atoms with Crippen molar-refractivity contribution >= 4 is 29.2 Å². The Bertz CT molecular complexity index is 605. The molecule has 2 heterocycles. The van der Waals surface area contributed by atoms with Crippen LogP contribution in [0.2, 0.25) is 5.15 Å². The van der Waals surface area contributed by atoms with Crippen molar-refractivity contribution in [2.75, 3.05) is 0 Å². The van der Waals surface area contributed by atoms with Crippen molar-refractivity contribution in [3.8, 4) is 0 Å². The summed E-state index contributed by atoms with van der Waals surface area (Å²) in [6.45, 7) is 0. The number of nitrogens with zero attached hydrogens (tertiary/aromatic N) is 2. The first-order chi connectivity index (χ1) is 7.52. The van der Waals surface area contributed by atoms with Crippen LogP contribution in [0.4, 0.5) is 0 Å². The monoisotopic (exact) mass is 240 g/mol. The Balaban J connectivity index is 2.88. The van der Waals surface area contributed by atoms with Gasteiger partial charge in [-0.1, -0.05) is 11.6 Å². The van der Waals surface area contributed by atoms with Gasteiger partial charge in [-0.05, 0) is 12.1 Å². The van der Waals surface area contributed by atoms with Gasteiger partial charge in [0.2, 0.25) is 0 Å². The zero-order valence-corrected chi connectivity index (χ0v) is 8.47. The lowest BCUT2D eigenvalue weighted by Crippen LogP contribution is -2.05. The maximum absolute atomic E-state index is 10.9. The summed E-state index contributed by atoms with van der Waals surface area (Å²) in [5.74, 6) is -2.45. The van der Waals surface area contributed by atoms with E-state index in [-0.39, 0.29) is 22.1 Å². The van der Waals surface area contributed by atoms with Crippen LogP contribution in [-0.2, 0) is 0 Å². The van der Waals surface area contributed by atoms with Gasteiger partial charge in [0.1, 0.15) is 5.56 Å². The Morgan fingerprint density at radius 2 is 2.00 bits per heavy atom. The van der Waals surface area contributed by atoms with Crippen molar-refractivity contribution in [1.82, 2.24) is 9.38 Å². The SMILES string of the molecule is O=C(O)c1cccn2c(C(=O)O)c(Cl)nc12. The van der Waals surface area contributed by atoms with E-state index < -0.39 is 11.9 Å². The number of carboxylic acid groups (broad SMARTS) is 2. The molecule has 2 N–H and O–H groups in total. The van der Waals surface area contributed by atoms with E-state index in [2.05, 4.69) is 4.98 Å². The second-order valence-electron chi connectivity index (χ2n) is 2.98. The number of fused-ring (bicyclic) bond motifs is 1. The van der Waals surface area contributed by atoms with E-state index in [0.29, 0.717) is 0 Å². The van der Waals surface area contributed by atoms with Gasteiger partial charge in [0.05, 0.1) is 0 Å². The van der Waals surface area contributed by atoms with Crippen molar-refractivity contribution in [2.24, 2.45) is 0 Å². The van der Waals surface area contributed by atoms with Gasteiger partial charge in [0.15, 0.2) is 16.5 Å². The molecule has 0 unspecified atom stereocenters. The minimum Gasteiger partial charge on any atom is -0.478 e. The Hall–Kier alpha value is -2.08. The largest absolute Gasteiger partial charge is 0.478 e. The summed E-state index contributed by atoms with van der Waals surface area (Å²) in [6, 6.07) is 2.74. The third kappa shape index (κ3) is 1.40. The molecule has 7 heteroatoms. The van der Waals surface area contributed by atoms with Crippen LogP contribution in [0.15, 0.2) is 18.3 Å². The molecule has 6 nitrogen and oxygen atoms in total. The molecule has 0 aliphatic carbocycles. The van der Waals surface area contributed by atoms with E-state index in [1.807, 2.05) is 0 Å². The molecule has 0 spiro atoms. The summed E-state index contributed by atoms with van der Waals surface area (Å²) in [5, 5.41) is 17.5. The van der Waals surface area contributed by atoms with Crippen molar-refractivity contribution in [1.29, 1.82) is 0 Å². The van der Waals surface area contributed by atoms with Gasteiger partial charge in [0.25, 0.3) is 0 Å². The fourth-order valence-corrected chi connectivity index (χ4v) is 1.65. The molecule has 0 bridgehead atoms. The number of aromatic carboxylic acids is 2. The number of imidazole rings is 1. The molecule has 0 fully saturated rings. The number of rotatable bonds is 2. The van der Waals surface area contributed by atoms with E-state index in [1.165, 1.54) is 18.3 Å². The quantitative estimate of drug-likeness (QED) is 0.827. The molecule has 2 aromatic heterocycles. The molecule has 0 aromatic carbocycles. The molecule has 0 saturated carbocycles. The highest BCUT2D eigenvalue weighted by molar-refractivity contribution is 6.32. The third-order valence-corrected chi connectivity index (χ3v) is 2.30. The number of halogens is 1. The first kappa shape index (κ1) is 10.4. The lowest BCUT2D eigenvalue weighted by Gasteiger charge is -1.98. The molecular formula is C9H5ClN2O4. The van der Waals surface area contributed by atoms with Gasteiger partial charge in [-0.2, -0.15) is 0 Å². The van der Waals surface area contributed by atoms with E-state index in [4.69, 9.17) is 21.8 Å². The van der Waals surface area contributed by atoms with Gasteiger partial charge >= 0.3 is 11.9 Å². The molecule has 0 aliphatic rings. The zero-order chi connectivity index (χ0) is 11.9. The second kappa shape index (κ2) is 3.49. The van der Waals surface area contributed by atoms with Crippen LogP contribution in [0, 0.1) is 0 Å². The molecule has 2 aromatic rings. The van der Waals surface area contributed by atoms with E-state index >= 15 is 0 Å². The Kier molecular flexibility index (Phi) is 2.28. The molecule has 2 rings (SSSR count). The Labute approximate surface area is 93.7 Å². The highest BCUT2D eigenvalue weighted by Gasteiger charge is 2.20. The van der Waals surface area contributed by atoms with Crippen LogP contribution in [0.5, 0.6) is 0 Å². The molecule has 82 valence electrons. The van der Waals surface area contributed by atoms with Gasteiger partial charge in [-0.3, -0.25) is 4.40 Å². The van der Waals surface area contributed by atoms with Crippen LogP contribution in [0.25, 0.3) is 5.65 Å². The second-order valence-corrected chi connectivity index (χ2v) is 3.34. The van der Waals surface area contributed by atoms with Crippen molar-refractivity contribution in [3.05, 3.63) is 34.7 Å². The van der Waals surface area contributed by atoms with Gasteiger partial charge < -0.3 is 10.2 Å². The minimum absolute atomic E-state index is 0.0115. The normalized spacial score (nSPS) is 10.6. The first-order valence-corrected chi connectivity index (χ1v) is 4.53. The number of aromatic nitrogens is 2. The zero-order valence-electron chi connectivity index (χ0n) is 7.72. The minimum atomic E-state index is -1.26. The predicted octanol–water partition coefficient (Wildman–Crippen LogP) is 1.38. The maximum Gasteiger partial charge on any atom is 0.356 e. The molecular weight excluding hydrogens is 236 g/mol. The summed E-state index contributed by atoms with van der Waals surface area (Å²) >= 11 is 5.63. The smallest absolute Gasteiger partial charge is 0.356 e. The predicted molar refractivity (Wildman–Crippen MR) is 54.1 cm³/mol. The molecule has 0 atom stereocenters. The van der Waals surface area contributed by atoms with Crippen molar-refractivity contribution in [3.63, 3.8) is 0 Å². The number of carbonyl (C=O) groups is 2. The highest BCUT2D eigenvalue weighted by atomic mass is 35.5. The highest BCUT2D eigenvalue weighted by Crippen LogP contribution is 2.20. The molecule has 16 heavy (non-hydrogen) atoms. The lowest BCUT2D eigenvalue weighted by atomic mass is 10.3. The van der Waals surface area contributed by atoms with E-state index in [0.717, 1.165) is 4.40 Å². The molecule has 0 saturated heterocycles. The van der Waals surface area contributed by atoms with Crippen LogP contribution in [-0.4, -0.2) is 31.5 Å². The molecule has 0 radical (unpaired) electrons. The summed E-state index contributed by atoms with van der Waals surface area (Å²) in [4.78, 5) is 25.5. The average molecular weight is 241 g/mol. The van der Waals surface area contributed by atoms with Crippen LogP contribution in [0.3, 0.4) is 0 Å². The van der Waals surface area contributed by atoms with Crippen molar-refractivity contribution < 1.29 is 19.8 Å². The molecule has 0 amide bonds. The van der Waals surface area contributed by atoms with E-state index in [1.54, 1.807) is 0 Å². The number of carboxylic acids is 2. The fraction of sp³-hybridized carbons (Fsp3) is 0. The van der Waals surface area contributed by atoms with Gasteiger partial charge in [-0.25, -0.2) is 14.6 Å². The summed E-state index contributed by atoms with van der Waals surface area (Å²) in [6.07, 6.45) is 1.39. The van der Waals surface area contributed by atoms with Crippen LogP contribution >= 0.6 is 11.6 Å². The summed E-state index contributed by atoms with van der Waals surface area (Å²) in [7, 11) is 0. The lowest BCUT2D eigenvalue weighted by molar-refractivity contribution is 0.0679. The van der Waals surface area contributed by atoms with Crippen LogP contribution < -0.4 is 0 Å². The number of hydrogen-bond acceptors (Lipinski definition) is 3. The third-order valence-electron chi connectivity index (χ3n) is 2.04. The Morgan fingerprint density at radius 3 is 2.56 bits per heavy atom. The van der Waals surface area contributed by atoms with Crippen molar-refractivity contribution in [2.45, 2.75) is 0 Å². The summed E-state index contributed by atoms with van der Waals surface area (Å²) < 4.78 is 1.13. The molecule has 0 aliphatic heterocycles. The van der Waals surface area contributed by atoms with Crippen LogP contribution in [0.1, 0.15) is 20.8 Å². The maximum atomic E-state index is 10.9. The Morgan fingerprint density at radius 1 is 1.31 bits per heavy atom. The standard InChI is InChI=1S/C9H5ClN2O4/c10-6-5(9(15)16)12-3-1-2-4(8(13)14)7(12)11-6/h1-3H,(H,13,14)(H,15,16). The van der Waals surface area contributed by atoms with E-state index in [9.17, 15) is 9.59 Å². The summed E-state index contributed by atoms with van der Waals surface area (Å²) in [5.41, 5.74) is -0.339. The first-order valence-electron chi connectivity index (χ1n) is 4.15. The fourth-order valence-electron chi connectivity index (χ4n) is 1.40. The average Bonchev–Trinajstić information content (AvgIpc) is 2.52. The topological polar surface area (TPSA) is 91.9 Å². The number of hydrogen-bond donors (Lipinski definition) is 2. The number of pyridine rings is 1. The van der Waals surface area contributed by atoms with Gasteiger partial charge in [-0.15, -0.1) is 0 Å². The van der Waals surface area contributed by atoms with Gasteiger partial charge in [0, 0.05) is 6.20 Å².